The number of anilines is 1. The summed E-state index contributed by atoms with van der Waals surface area (Å²) in [6.45, 7) is 6.19. The van der Waals surface area contributed by atoms with Gasteiger partial charge < -0.3 is 4.74 Å². The van der Waals surface area contributed by atoms with E-state index in [0.29, 0.717) is 23.2 Å². The molecule has 2 aromatic rings. The second kappa shape index (κ2) is 8.62. The topological polar surface area (TPSA) is 64.1 Å². The maximum absolute atomic E-state index is 12.4. The summed E-state index contributed by atoms with van der Waals surface area (Å²) in [4.78, 5) is 12.4. The number of hydrogen-bond acceptors (Lipinski definition) is 5. The SMILES string of the molecule is CCC(CC)c1nnc(NC(=O)[C@H](CC)Oc2ccccc2)s1. The molecule has 23 heavy (non-hydrogen) atoms. The smallest absolute Gasteiger partial charge is 0.267 e. The Hall–Kier alpha value is -1.95. The molecule has 0 radical (unpaired) electrons. The van der Waals surface area contributed by atoms with Crippen molar-refractivity contribution >= 4 is 22.4 Å². The van der Waals surface area contributed by atoms with E-state index in [1.54, 1.807) is 0 Å². The van der Waals surface area contributed by atoms with Crippen LogP contribution in [0.25, 0.3) is 0 Å². The highest BCUT2D eigenvalue weighted by atomic mass is 32.1. The van der Waals surface area contributed by atoms with Gasteiger partial charge in [-0.05, 0) is 31.4 Å². The van der Waals surface area contributed by atoms with Gasteiger partial charge in [0.25, 0.3) is 5.91 Å². The molecule has 0 saturated heterocycles. The Morgan fingerprint density at radius 2 is 1.83 bits per heavy atom. The second-order valence-electron chi connectivity index (χ2n) is 5.28. The third-order valence-corrected chi connectivity index (χ3v) is 4.69. The second-order valence-corrected chi connectivity index (χ2v) is 6.29. The summed E-state index contributed by atoms with van der Waals surface area (Å²) >= 11 is 1.44. The van der Waals surface area contributed by atoms with Gasteiger partial charge >= 0.3 is 0 Å². The number of para-hydroxylation sites is 1. The molecule has 1 aromatic heterocycles. The average molecular weight is 333 g/mol. The van der Waals surface area contributed by atoms with E-state index < -0.39 is 6.10 Å². The van der Waals surface area contributed by atoms with E-state index in [0.717, 1.165) is 17.8 Å². The standard InChI is InChI=1S/C17H23N3O2S/c1-4-12(5-2)16-19-20-17(23-16)18-15(21)14(6-3)22-13-10-8-7-9-11-13/h7-12,14H,4-6H2,1-3H3,(H,18,20,21)/t14-/m0/s1. The van der Waals surface area contributed by atoms with Crippen LogP contribution in [-0.2, 0) is 4.79 Å². The summed E-state index contributed by atoms with van der Waals surface area (Å²) < 4.78 is 5.74. The maximum Gasteiger partial charge on any atom is 0.267 e. The minimum Gasteiger partial charge on any atom is -0.481 e. The van der Waals surface area contributed by atoms with Gasteiger partial charge in [0, 0.05) is 5.92 Å². The third-order valence-electron chi connectivity index (χ3n) is 3.69. The van der Waals surface area contributed by atoms with Gasteiger partial charge in [-0.2, -0.15) is 0 Å². The van der Waals surface area contributed by atoms with Crippen molar-refractivity contribution in [2.75, 3.05) is 5.32 Å². The van der Waals surface area contributed by atoms with Gasteiger partial charge in [-0.25, -0.2) is 0 Å². The van der Waals surface area contributed by atoms with Crippen molar-refractivity contribution in [1.82, 2.24) is 10.2 Å². The Balaban J connectivity index is 1.99. The number of rotatable bonds is 8. The van der Waals surface area contributed by atoms with Crippen LogP contribution in [0.4, 0.5) is 5.13 Å². The highest BCUT2D eigenvalue weighted by Crippen LogP contribution is 2.28. The van der Waals surface area contributed by atoms with Crippen molar-refractivity contribution in [1.29, 1.82) is 0 Å². The molecule has 5 nitrogen and oxygen atoms in total. The lowest BCUT2D eigenvalue weighted by molar-refractivity contribution is -0.122. The van der Waals surface area contributed by atoms with Crippen LogP contribution in [-0.4, -0.2) is 22.2 Å². The van der Waals surface area contributed by atoms with Crippen LogP contribution in [0.1, 0.15) is 51.0 Å². The molecule has 1 N–H and O–H groups in total. The Labute approximate surface area is 141 Å². The first-order valence-corrected chi connectivity index (χ1v) is 8.85. The van der Waals surface area contributed by atoms with Crippen molar-refractivity contribution < 1.29 is 9.53 Å². The summed E-state index contributed by atoms with van der Waals surface area (Å²) in [6.07, 6.45) is 2.08. The number of benzene rings is 1. The lowest BCUT2D eigenvalue weighted by atomic mass is 10.1. The highest BCUT2D eigenvalue weighted by molar-refractivity contribution is 7.15. The Kier molecular flexibility index (Phi) is 6.52. The summed E-state index contributed by atoms with van der Waals surface area (Å²) in [5.41, 5.74) is 0. The van der Waals surface area contributed by atoms with Gasteiger partial charge in [-0.15, -0.1) is 10.2 Å². The molecule has 1 heterocycles. The number of carbonyl (C=O) groups excluding carboxylic acids is 1. The Morgan fingerprint density at radius 1 is 1.13 bits per heavy atom. The molecule has 2 rings (SSSR count). The number of ether oxygens (including phenoxy) is 1. The molecule has 0 unspecified atom stereocenters. The van der Waals surface area contributed by atoms with E-state index in [9.17, 15) is 4.79 Å². The van der Waals surface area contributed by atoms with Crippen molar-refractivity contribution in [2.45, 2.75) is 52.1 Å². The number of hydrogen-bond donors (Lipinski definition) is 1. The molecular formula is C17H23N3O2S. The van der Waals surface area contributed by atoms with Crippen molar-refractivity contribution in [3.05, 3.63) is 35.3 Å². The molecule has 1 amide bonds. The minimum atomic E-state index is -0.544. The Bertz CT molecular complexity index is 611. The number of carbonyl (C=O) groups is 1. The third kappa shape index (κ3) is 4.76. The molecule has 0 aliphatic carbocycles. The molecular weight excluding hydrogens is 310 g/mol. The van der Waals surface area contributed by atoms with E-state index in [2.05, 4.69) is 29.4 Å². The van der Waals surface area contributed by atoms with Crippen LogP contribution < -0.4 is 10.1 Å². The molecule has 1 atom stereocenters. The zero-order chi connectivity index (χ0) is 16.7. The maximum atomic E-state index is 12.4. The summed E-state index contributed by atoms with van der Waals surface area (Å²) in [6, 6.07) is 9.35. The fraction of sp³-hybridized carbons (Fsp3) is 0.471. The predicted octanol–water partition coefficient (Wildman–Crippen LogP) is 4.24. The van der Waals surface area contributed by atoms with E-state index in [1.165, 1.54) is 11.3 Å². The predicted molar refractivity (Wildman–Crippen MR) is 93.0 cm³/mol. The van der Waals surface area contributed by atoms with Crippen LogP contribution in [0.3, 0.4) is 0 Å². The van der Waals surface area contributed by atoms with Gasteiger partial charge in [0.2, 0.25) is 5.13 Å². The molecule has 0 saturated carbocycles. The molecule has 6 heteroatoms. The Morgan fingerprint density at radius 3 is 2.43 bits per heavy atom. The molecule has 0 fully saturated rings. The fourth-order valence-electron chi connectivity index (χ4n) is 2.26. The zero-order valence-electron chi connectivity index (χ0n) is 13.8. The lowest BCUT2D eigenvalue weighted by Gasteiger charge is -2.16. The highest BCUT2D eigenvalue weighted by Gasteiger charge is 2.21. The molecule has 124 valence electrons. The molecule has 0 aliphatic heterocycles. The van der Waals surface area contributed by atoms with Gasteiger partial charge in [-0.1, -0.05) is 50.3 Å². The van der Waals surface area contributed by atoms with Gasteiger partial charge in [0.15, 0.2) is 6.10 Å². The largest absolute Gasteiger partial charge is 0.481 e. The first-order valence-electron chi connectivity index (χ1n) is 8.03. The van der Waals surface area contributed by atoms with Crippen LogP contribution in [0.15, 0.2) is 30.3 Å². The van der Waals surface area contributed by atoms with Crippen LogP contribution >= 0.6 is 11.3 Å². The minimum absolute atomic E-state index is 0.191. The van der Waals surface area contributed by atoms with Gasteiger partial charge in [0.05, 0.1) is 0 Å². The fourth-order valence-corrected chi connectivity index (χ4v) is 3.27. The van der Waals surface area contributed by atoms with Gasteiger partial charge in [-0.3, -0.25) is 10.1 Å². The van der Waals surface area contributed by atoms with Crippen LogP contribution in [0, 0.1) is 0 Å². The van der Waals surface area contributed by atoms with E-state index in [1.807, 2.05) is 37.3 Å². The quantitative estimate of drug-likeness (QED) is 0.785. The molecule has 0 bridgehead atoms. The monoisotopic (exact) mass is 333 g/mol. The van der Waals surface area contributed by atoms with Gasteiger partial charge in [0.1, 0.15) is 10.8 Å². The van der Waals surface area contributed by atoms with Crippen LogP contribution in [0.2, 0.25) is 0 Å². The molecule has 1 aromatic carbocycles. The summed E-state index contributed by atoms with van der Waals surface area (Å²) in [5.74, 6) is 0.897. The molecule has 0 aliphatic rings. The normalized spacial score (nSPS) is 12.2. The molecule has 0 spiro atoms. The zero-order valence-corrected chi connectivity index (χ0v) is 14.6. The lowest BCUT2D eigenvalue weighted by Crippen LogP contribution is -2.32. The van der Waals surface area contributed by atoms with E-state index in [4.69, 9.17) is 4.74 Å². The number of nitrogens with one attached hydrogen (secondary N) is 1. The van der Waals surface area contributed by atoms with Crippen molar-refractivity contribution in [3.63, 3.8) is 0 Å². The number of aromatic nitrogens is 2. The summed E-state index contributed by atoms with van der Waals surface area (Å²) in [5, 5.41) is 12.6. The summed E-state index contributed by atoms with van der Waals surface area (Å²) in [7, 11) is 0. The number of nitrogens with zero attached hydrogens (tertiary/aromatic N) is 2. The number of amides is 1. The van der Waals surface area contributed by atoms with Crippen LogP contribution in [0.5, 0.6) is 5.75 Å². The average Bonchev–Trinajstić information content (AvgIpc) is 3.03. The van der Waals surface area contributed by atoms with Crippen molar-refractivity contribution in [3.8, 4) is 5.75 Å². The van der Waals surface area contributed by atoms with E-state index >= 15 is 0 Å². The first kappa shape index (κ1) is 17.4. The van der Waals surface area contributed by atoms with E-state index in [-0.39, 0.29) is 5.91 Å². The van der Waals surface area contributed by atoms with Crippen molar-refractivity contribution in [2.24, 2.45) is 0 Å². The first-order chi connectivity index (χ1) is 11.2.